The van der Waals surface area contributed by atoms with Crippen molar-refractivity contribution in [2.24, 2.45) is 0 Å². The SMILES string of the molecule is Nc1cc(C(F)(F)F)ccc1S(=O)(=O)Cc1nccs1. The number of nitrogens with zero attached hydrogens (tertiary/aromatic N) is 1. The molecule has 108 valence electrons. The maximum atomic E-state index is 12.5. The average molecular weight is 322 g/mol. The fourth-order valence-electron chi connectivity index (χ4n) is 1.57. The second kappa shape index (κ2) is 5.06. The van der Waals surface area contributed by atoms with E-state index in [9.17, 15) is 21.6 Å². The van der Waals surface area contributed by atoms with E-state index in [1.54, 1.807) is 5.38 Å². The van der Waals surface area contributed by atoms with Crippen molar-refractivity contribution in [1.29, 1.82) is 0 Å². The van der Waals surface area contributed by atoms with E-state index in [0.717, 1.165) is 17.4 Å². The van der Waals surface area contributed by atoms with Gasteiger partial charge in [0.1, 0.15) is 10.8 Å². The molecule has 1 aromatic heterocycles. The Kier molecular flexibility index (Phi) is 3.74. The Bertz CT molecular complexity index is 710. The number of benzene rings is 1. The second-order valence-corrected chi connectivity index (χ2v) is 6.87. The Hall–Kier alpha value is -1.61. The molecule has 0 aliphatic carbocycles. The first-order valence-corrected chi connectivity index (χ1v) is 7.81. The normalized spacial score (nSPS) is 12.6. The van der Waals surface area contributed by atoms with E-state index in [0.29, 0.717) is 17.1 Å². The van der Waals surface area contributed by atoms with Crippen LogP contribution >= 0.6 is 11.3 Å². The van der Waals surface area contributed by atoms with Crippen LogP contribution in [0.25, 0.3) is 0 Å². The standard InChI is InChI=1S/C11H9F3N2O2S2/c12-11(13,14)7-1-2-9(8(15)5-7)20(17,18)6-10-16-3-4-19-10/h1-5H,6,15H2. The molecule has 1 aromatic carbocycles. The average Bonchev–Trinajstić information content (AvgIpc) is 2.79. The van der Waals surface area contributed by atoms with Crippen molar-refractivity contribution in [1.82, 2.24) is 4.98 Å². The lowest BCUT2D eigenvalue weighted by Crippen LogP contribution is -2.11. The van der Waals surface area contributed by atoms with Crippen LogP contribution in [0.1, 0.15) is 10.6 Å². The van der Waals surface area contributed by atoms with Crippen molar-refractivity contribution in [2.75, 3.05) is 5.73 Å². The molecule has 0 amide bonds. The van der Waals surface area contributed by atoms with E-state index in [1.165, 1.54) is 6.20 Å². The molecule has 0 fully saturated rings. The highest BCUT2D eigenvalue weighted by Gasteiger charge is 2.32. The van der Waals surface area contributed by atoms with E-state index in [2.05, 4.69) is 4.98 Å². The van der Waals surface area contributed by atoms with Crippen molar-refractivity contribution in [2.45, 2.75) is 16.8 Å². The van der Waals surface area contributed by atoms with E-state index >= 15 is 0 Å². The Labute approximate surface area is 117 Å². The summed E-state index contributed by atoms with van der Waals surface area (Å²) in [6.07, 6.45) is -3.11. The van der Waals surface area contributed by atoms with Gasteiger partial charge < -0.3 is 5.73 Å². The van der Waals surface area contributed by atoms with Crippen molar-refractivity contribution in [3.8, 4) is 0 Å². The van der Waals surface area contributed by atoms with Gasteiger partial charge >= 0.3 is 6.18 Å². The van der Waals surface area contributed by atoms with Gasteiger partial charge in [0, 0.05) is 11.6 Å². The van der Waals surface area contributed by atoms with Crippen LogP contribution in [-0.4, -0.2) is 13.4 Å². The van der Waals surface area contributed by atoms with Gasteiger partial charge in [-0.3, -0.25) is 0 Å². The third-order valence-corrected chi connectivity index (χ3v) is 5.13. The fourth-order valence-corrected chi connectivity index (χ4v) is 3.96. The number of aromatic nitrogens is 1. The van der Waals surface area contributed by atoms with Gasteiger partial charge in [-0.25, -0.2) is 13.4 Å². The van der Waals surface area contributed by atoms with Crippen molar-refractivity contribution < 1.29 is 21.6 Å². The van der Waals surface area contributed by atoms with Crippen molar-refractivity contribution in [3.63, 3.8) is 0 Å². The minimum atomic E-state index is -4.56. The molecule has 0 saturated carbocycles. The molecule has 4 nitrogen and oxygen atoms in total. The number of nitrogen functional groups attached to an aromatic ring is 1. The minimum Gasteiger partial charge on any atom is -0.398 e. The van der Waals surface area contributed by atoms with E-state index in [4.69, 9.17) is 5.73 Å². The summed E-state index contributed by atoms with van der Waals surface area (Å²) in [5.41, 5.74) is 4.03. The zero-order chi connectivity index (χ0) is 15.0. The molecule has 1 heterocycles. The summed E-state index contributed by atoms with van der Waals surface area (Å²) in [7, 11) is -3.82. The van der Waals surface area contributed by atoms with Gasteiger partial charge in [-0.15, -0.1) is 11.3 Å². The number of hydrogen-bond acceptors (Lipinski definition) is 5. The largest absolute Gasteiger partial charge is 0.416 e. The molecule has 2 N–H and O–H groups in total. The van der Waals surface area contributed by atoms with Crippen LogP contribution < -0.4 is 5.73 Å². The number of sulfone groups is 1. The van der Waals surface area contributed by atoms with Gasteiger partial charge in [0.15, 0.2) is 9.84 Å². The summed E-state index contributed by atoms with van der Waals surface area (Å²) >= 11 is 1.15. The summed E-state index contributed by atoms with van der Waals surface area (Å²) in [6, 6.07) is 2.20. The van der Waals surface area contributed by atoms with Crippen molar-refractivity contribution >= 4 is 26.9 Å². The Morgan fingerprint density at radius 2 is 2.00 bits per heavy atom. The van der Waals surface area contributed by atoms with Crippen LogP contribution in [0.4, 0.5) is 18.9 Å². The number of anilines is 1. The highest BCUT2D eigenvalue weighted by atomic mass is 32.2. The van der Waals surface area contributed by atoms with Crippen LogP contribution in [-0.2, 0) is 21.8 Å². The van der Waals surface area contributed by atoms with Crippen LogP contribution in [0.3, 0.4) is 0 Å². The first-order chi connectivity index (χ1) is 9.20. The topological polar surface area (TPSA) is 73.1 Å². The van der Waals surface area contributed by atoms with Gasteiger partial charge in [0.05, 0.1) is 16.1 Å². The van der Waals surface area contributed by atoms with E-state index in [-0.39, 0.29) is 10.6 Å². The van der Waals surface area contributed by atoms with Crippen molar-refractivity contribution in [3.05, 3.63) is 40.3 Å². The van der Waals surface area contributed by atoms with Gasteiger partial charge in [-0.2, -0.15) is 13.2 Å². The molecule has 0 radical (unpaired) electrons. The number of hydrogen-bond donors (Lipinski definition) is 1. The summed E-state index contributed by atoms with van der Waals surface area (Å²) in [4.78, 5) is 3.51. The predicted octanol–water partition coefficient (Wildman–Crippen LogP) is 2.72. The smallest absolute Gasteiger partial charge is 0.398 e. The third kappa shape index (κ3) is 3.10. The number of thiazole rings is 1. The predicted molar refractivity (Wildman–Crippen MR) is 68.9 cm³/mol. The monoisotopic (exact) mass is 322 g/mol. The molecule has 9 heteroatoms. The summed E-state index contributed by atoms with van der Waals surface area (Å²) in [5, 5.41) is 1.96. The van der Waals surface area contributed by atoms with Crippen LogP contribution in [0.5, 0.6) is 0 Å². The molecular weight excluding hydrogens is 313 g/mol. The maximum absolute atomic E-state index is 12.5. The van der Waals surface area contributed by atoms with Gasteiger partial charge in [0.2, 0.25) is 0 Å². The molecule has 0 aliphatic heterocycles. The lowest BCUT2D eigenvalue weighted by molar-refractivity contribution is -0.137. The molecule has 0 atom stereocenters. The number of alkyl halides is 3. The molecule has 0 saturated heterocycles. The van der Waals surface area contributed by atoms with Crippen LogP contribution in [0.2, 0.25) is 0 Å². The molecule has 0 spiro atoms. The first kappa shape index (κ1) is 14.8. The Balaban J connectivity index is 2.38. The number of rotatable bonds is 3. The molecule has 0 aliphatic rings. The molecule has 0 bridgehead atoms. The Morgan fingerprint density at radius 1 is 1.30 bits per heavy atom. The number of halogens is 3. The molecule has 2 rings (SSSR count). The van der Waals surface area contributed by atoms with E-state index < -0.39 is 27.3 Å². The number of nitrogens with two attached hydrogens (primary N) is 1. The molecule has 20 heavy (non-hydrogen) atoms. The van der Waals surface area contributed by atoms with Crippen LogP contribution in [0, 0.1) is 0 Å². The Morgan fingerprint density at radius 3 is 2.50 bits per heavy atom. The second-order valence-electron chi connectivity index (χ2n) is 3.94. The first-order valence-electron chi connectivity index (χ1n) is 5.28. The lowest BCUT2D eigenvalue weighted by atomic mass is 10.2. The lowest BCUT2D eigenvalue weighted by Gasteiger charge is -2.10. The quantitative estimate of drug-likeness (QED) is 0.882. The molecule has 0 unspecified atom stereocenters. The summed E-state index contributed by atoms with van der Waals surface area (Å²) in [6.45, 7) is 0. The minimum absolute atomic E-state index is 0.319. The van der Waals surface area contributed by atoms with Gasteiger partial charge in [0.25, 0.3) is 0 Å². The van der Waals surface area contributed by atoms with E-state index in [1.807, 2.05) is 0 Å². The maximum Gasteiger partial charge on any atom is 0.416 e. The van der Waals surface area contributed by atoms with Gasteiger partial charge in [-0.1, -0.05) is 0 Å². The highest BCUT2D eigenvalue weighted by Crippen LogP contribution is 2.33. The molecular formula is C11H9F3N2O2S2. The van der Waals surface area contributed by atoms with Crippen LogP contribution in [0.15, 0.2) is 34.7 Å². The third-order valence-electron chi connectivity index (χ3n) is 2.47. The van der Waals surface area contributed by atoms with Gasteiger partial charge in [-0.05, 0) is 18.2 Å². The zero-order valence-electron chi connectivity index (χ0n) is 9.89. The summed E-state index contributed by atoms with van der Waals surface area (Å²) < 4.78 is 61.6. The molecule has 2 aromatic rings. The fraction of sp³-hybridized carbons (Fsp3) is 0.182. The highest BCUT2D eigenvalue weighted by molar-refractivity contribution is 7.91. The summed E-state index contributed by atoms with van der Waals surface area (Å²) in [5.74, 6) is -0.389. The zero-order valence-corrected chi connectivity index (χ0v) is 11.5.